The summed E-state index contributed by atoms with van der Waals surface area (Å²) in [6, 6.07) is 5.78. The van der Waals surface area contributed by atoms with E-state index in [-0.39, 0.29) is 17.5 Å². The van der Waals surface area contributed by atoms with Crippen LogP contribution in [0.4, 0.5) is 24.5 Å². The van der Waals surface area contributed by atoms with Gasteiger partial charge in [-0.15, -0.1) is 0 Å². The Balaban J connectivity index is 1.80. The highest BCUT2D eigenvalue weighted by Gasteiger charge is 2.34. The van der Waals surface area contributed by atoms with Crippen molar-refractivity contribution in [2.24, 2.45) is 10.9 Å². The number of anilines is 2. The number of aliphatic carboxylic acids is 1. The summed E-state index contributed by atoms with van der Waals surface area (Å²) in [7, 11) is 1.35. The molecule has 3 rings (SSSR count). The van der Waals surface area contributed by atoms with Crippen LogP contribution in [0, 0.1) is 5.92 Å². The molecule has 4 N–H and O–H groups in total. The quantitative estimate of drug-likeness (QED) is 0.471. The molecule has 0 aliphatic heterocycles. The number of alkyl halides is 3. The third-order valence-electron chi connectivity index (χ3n) is 4.81. The molecule has 1 fully saturated rings. The Morgan fingerprint density at radius 1 is 1.32 bits per heavy atom. The van der Waals surface area contributed by atoms with E-state index in [2.05, 4.69) is 15.3 Å². The fraction of sp³-hybridized carbons (Fsp3) is 0.300. The maximum absolute atomic E-state index is 12.9. The van der Waals surface area contributed by atoms with Crippen molar-refractivity contribution in [2.75, 3.05) is 18.2 Å². The Labute approximate surface area is 174 Å². The number of carboxylic acids is 1. The lowest BCUT2D eigenvalue weighted by atomic mass is 9.81. The van der Waals surface area contributed by atoms with Crippen LogP contribution in [0.3, 0.4) is 0 Å². The second-order valence-corrected chi connectivity index (χ2v) is 6.98. The number of aromatic nitrogens is 1. The van der Waals surface area contributed by atoms with Crippen LogP contribution < -0.4 is 15.8 Å². The topological polar surface area (TPSA) is 127 Å². The van der Waals surface area contributed by atoms with Gasteiger partial charge in [0, 0.05) is 23.5 Å². The predicted molar refractivity (Wildman–Crippen MR) is 106 cm³/mol. The first-order valence-electron chi connectivity index (χ1n) is 9.17. The first kappa shape index (κ1) is 22.1. The zero-order chi connectivity index (χ0) is 22.8. The first-order valence-corrected chi connectivity index (χ1v) is 9.17. The predicted octanol–water partition coefficient (Wildman–Crippen LogP) is 3.23. The van der Waals surface area contributed by atoms with E-state index in [0.717, 1.165) is 18.2 Å². The highest BCUT2D eigenvalue weighted by atomic mass is 19.4. The van der Waals surface area contributed by atoms with Crippen LogP contribution in [0.5, 0.6) is 5.75 Å². The van der Waals surface area contributed by atoms with E-state index in [9.17, 15) is 22.8 Å². The number of methoxy groups -OCH3 is 1. The van der Waals surface area contributed by atoms with E-state index in [1.165, 1.54) is 25.5 Å². The minimum absolute atomic E-state index is 0.144. The molecule has 0 bridgehead atoms. The molecule has 8 nitrogen and oxygen atoms in total. The molecule has 11 heteroatoms. The molecular formula is C20H19F3N4O4. The summed E-state index contributed by atoms with van der Waals surface area (Å²) < 4.78 is 43.7. The molecule has 0 atom stereocenters. The van der Waals surface area contributed by atoms with Gasteiger partial charge in [0.2, 0.25) is 0 Å². The maximum Gasteiger partial charge on any atom is 0.433 e. The molecule has 31 heavy (non-hydrogen) atoms. The van der Waals surface area contributed by atoms with Gasteiger partial charge in [0.1, 0.15) is 17.1 Å². The molecule has 1 aromatic carbocycles. The molecule has 0 unspecified atom stereocenters. The fourth-order valence-corrected chi connectivity index (χ4v) is 2.99. The molecule has 0 saturated heterocycles. The molecule has 1 aliphatic carbocycles. The summed E-state index contributed by atoms with van der Waals surface area (Å²) in [5.74, 6) is -1.93. The van der Waals surface area contributed by atoms with Crippen molar-refractivity contribution in [1.82, 2.24) is 4.98 Å². The van der Waals surface area contributed by atoms with Gasteiger partial charge in [-0.3, -0.25) is 14.6 Å². The van der Waals surface area contributed by atoms with Crippen molar-refractivity contribution in [3.63, 3.8) is 0 Å². The zero-order valence-electron chi connectivity index (χ0n) is 16.3. The van der Waals surface area contributed by atoms with Crippen molar-refractivity contribution >= 4 is 29.5 Å². The molecule has 1 aliphatic rings. The number of nitrogen functional groups attached to an aromatic ring is 1. The molecule has 2 aromatic rings. The lowest BCUT2D eigenvalue weighted by Crippen LogP contribution is -2.33. The molecule has 1 aromatic heterocycles. The van der Waals surface area contributed by atoms with Crippen LogP contribution in [0.15, 0.2) is 35.3 Å². The van der Waals surface area contributed by atoms with Gasteiger partial charge in [0.15, 0.2) is 0 Å². The number of carbonyl (C=O) groups excluding carboxylic acids is 1. The Morgan fingerprint density at radius 3 is 2.65 bits per heavy atom. The lowest BCUT2D eigenvalue weighted by molar-refractivity contribution is -0.145. The maximum atomic E-state index is 12.9. The van der Waals surface area contributed by atoms with Gasteiger partial charge in [0.25, 0.3) is 5.91 Å². The van der Waals surface area contributed by atoms with E-state index < -0.39 is 35.4 Å². The number of pyridine rings is 1. The van der Waals surface area contributed by atoms with E-state index in [1.54, 1.807) is 0 Å². The second kappa shape index (κ2) is 8.62. The molecular weight excluding hydrogens is 417 g/mol. The minimum Gasteiger partial charge on any atom is -0.494 e. The van der Waals surface area contributed by atoms with Crippen LogP contribution in [-0.4, -0.2) is 41.3 Å². The Bertz CT molecular complexity index is 1030. The number of rotatable bonds is 6. The van der Waals surface area contributed by atoms with Crippen molar-refractivity contribution in [2.45, 2.75) is 25.1 Å². The lowest BCUT2D eigenvalue weighted by Gasteiger charge is -2.28. The van der Waals surface area contributed by atoms with Crippen LogP contribution in [0.1, 0.15) is 34.6 Å². The molecule has 1 heterocycles. The number of ether oxygens (including phenoxy) is 1. The standard InChI is InChI=1S/C20H19F3N4O4/c1-31-16-8-13(24)11(9-25-12-5-10(6-12)19(29)30)7-15(16)27-18(28)14-3-2-4-17(26-14)20(21,22)23/h2-4,7-10,12H,5-6,24H2,1H3,(H,27,28)(H,29,30). The van der Waals surface area contributed by atoms with Gasteiger partial charge < -0.3 is 20.9 Å². The van der Waals surface area contributed by atoms with E-state index in [1.807, 2.05) is 0 Å². The van der Waals surface area contributed by atoms with Crippen LogP contribution in [0.25, 0.3) is 0 Å². The highest BCUT2D eigenvalue weighted by molar-refractivity contribution is 6.04. The fourth-order valence-electron chi connectivity index (χ4n) is 2.99. The van der Waals surface area contributed by atoms with E-state index in [4.69, 9.17) is 15.6 Å². The third kappa shape index (κ3) is 5.11. The highest BCUT2D eigenvalue weighted by Crippen LogP contribution is 2.33. The van der Waals surface area contributed by atoms with Crippen LogP contribution in [0.2, 0.25) is 0 Å². The number of amides is 1. The summed E-state index contributed by atoms with van der Waals surface area (Å²) in [5.41, 5.74) is 5.28. The summed E-state index contributed by atoms with van der Waals surface area (Å²) in [4.78, 5) is 31.0. The number of carbonyl (C=O) groups is 2. The number of benzene rings is 1. The van der Waals surface area contributed by atoms with Crippen LogP contribution >= 0.6 is 0 Å². The van der Waals surface area contributed by atoms with Gasteiger partial charge in [-0.1, -0.05) is 6.07 Å². The summed E-state index contributed by atoms with van der Waals surface area (Å²) in [6.45, 7) is 0. The van der Waals surface area contributed by atoms with Crippen molar-refractivity contribution in [1.29, 1.82) is 0 Å². The smallest absolute Gasteiger partial charge is 0.433 e. The average Bonchev–Trinajstić information content (AvgIpc) is 2.67. The number of carboxylic acid groups (broad SMARTS) is 1. The summed E-state index contributed by atoms with van der Waals surface area (Å²) >= 11 is 0. The number of halogens is 3. The van der Waals surface area contributed by atoms with Gasteiger partial charge in [-0.25, -0.2) is 4.98 Å². The monoisotopic (exact) mass is 436 g/mol. The largest absolute Gasteiger partial charge is 0.494 e. The van der Waals surface area contributed by atoms with Crippen molar-refractivity contribution < 1.29 is 32.6 Å². The van der Waals surface area contributed by atoms with Crippen molar-refractivity contribution in [3.05, 3.63) is 47.3 Å². The summed E-state index contributed by atoms with van der Waals surface area (Å²) in [5, 5.41) is 11.4. The third-order valence-corrected chi connectivity index (χ3v) is 4.81. The summed E-state index contributed by atoms with van der Waals surface area (Å²) in [6.07, 6.45) is -2.37. The van der Waals surface area contributed by atoms with E-state index in [0.29, 0.717) is 24.1 Å². The van der Waals surface area contributed by atoms with Gasteiger partial charge in [-0.05, 0) is 31.0 Å². The van der Waals surface area contributed by atoms with E-state index >= 15 is 0 Å². The Hall–Kier alpha value is -3.63. The minimum atomic E-state index is -4.68. The Morgan fingerprint density at radius 2 is 2.03 bits per heavy atom. The van der Waals surface area contributed by atoms with Gasteiger partial charge in [0.05, 0.1) is 24.8 Å². The molecule has 0 spiro atoms. The zero-order valence-corrected chi connectivity index (χ0v) is 16.3. The molecule has 164 valence electrons. The average molecular weight is 436 g/mol. The van der Waals surface area contributed by atoms with Gasteiger partial charge in [-0.2, -0.15) is 13.2 Å². The van der Waals surface area contributed by atoms with Crippen molar-refractivity contribution in [3.8, 4) is 5.75 Å². The molecule has 1 amide bonds. The van der Waals surface area contributed by atoms with Gasteiger partial charge >= 0.3 is 12.1 Å². The normalized spacial score (nSPS) is 18.5. The number of aliphatic imine (C=N–C) groups is 1. The number of nitrogens with one attached hydrogen (secondary N) is 1. The number of nitrogens with zero attached hydrogens (tertiary/aromatic N) is 2. The number of hydrogen-bond acceptors (Lipinski definition) is 6. The molecule has 1 saturated carbocycles. The van der Waals surface area contributed by atoms with Crippen LogP contribution in [-0.2, 0) is 11.0 Å². The SMILES string of the molecule is COc1cc(N)c(C=NC2CC(C(=O)O)C2)cc1NC(=O)c1cccc(C(F)(F)F)n1. The number of nitrogens with two attached hydrogens (primary N) is 1. The molecule has 0 radical (unpaired) electrons. The second-order valence-electron chi connectivity index (χ2n) is 6.98. The Kier molecular flexibility index (Phi) is 6.14. The number of hydrogen-bond donors (Lipinski definition) is 3. The first-order chi connectivity index (χ1) is 14.6.